The second-order valence-electron chi connectivity index (χ2n) is 2.61. The second kappa shape index (κ2) is 3.57. The van der Waals surface area contributed by atoms with Gasteiger partial charge in [-0.15, -0.1) is 10.2 Å². The SMILES string of the molecule is Cc1nnc(NCc2ccoc2)s1. The minimum Gasteiger partial charge on any atom is -0.472 e. The third-order valence-corrected chi connectivity index (χ3v) is 2.35. The Kier molecular flexibility index (Phi) is 2.27. The van der Waals surface area contributed by atoms with Gasteiger partial charge in [0.25, 0.3) is 0 Å². The summed E-state index contributed by atoms with van der Waals surface area (Å²) >= 11 is 1.55. The van der Waals surface area contributed by atoms with E-state index < -0.39 is 0 Å². The maximum atomic E-state index is 4.94. The maximum Gasteiger partial charge on any atom is 0.205 e. The van der Waals surface area contributed by atoms with Crippen LogP contribution in [0.15, 0.2) is 23.0 Å². The normalized spacial score (nSPS) is 10.2. The number of rotatable bonds is 3. The maximum absolute atomic E-state index is 4.94. The number of aromatic nitrogens is 2. The van der Waals surface area contributed by atoms with Crippen LogP contribution in [0, 0.1) is 6.92 Å². The van der Waals surface area contributed by atoms with Crippen molar-refractivity contribution in [1.82, 2.24) is 10.2 Å². The van der Waals surface area contributed by atoms with Crippen molar-refractivity contribution < 1.29 is 4.42 Å². The molecule has 2 aromatic rings. The second-order valence-corrected chi connectivity index (χ2v) is 3.79. The summed E-state index contributed by atoms with van der Waals surface area (Å²) < 4.78 is 4.94. The Labute approximate surface area is 79.6 Å². The molecule has 0 saturated carbocycles. The molecule has 4 nitrogen and oxygen atoms in total. The average molecular weight is 195 g/mol. The van der Waals surface area contributed by atoms with Gasteiger partial charge in [0.05, 0.1) is 12.5 Å². The molecule has 0 spiro atoms. The van der Waals surface area contributed by atoms with E-state index in [0.717, 1.165) is 22.2 Å². The molecule has 13 heavy (non-hydrogen) atoms. The largest absolute Gasteiger partial charge is 0.472 e. The van der Waals surface area contributed by atoms with Crippen LogP contribution in [0.1, 0.15) is 10.6 Å². The first kappa shape index (κ1) is 8.25. The van der Waals surface area contributed by atoms with E-state index in [2.05, 4.69) is 15.5 Å². The number of hydrogen-bond donors (Lipinski definition) is 1. The Bertz CT molecular complexity index is 368. The Balaban J connectivity index is 1.93. The van der Waals surface area contributed by atoms with Crippen LogP contribution in [0.5, 0.6) is 0 Å². The van der Waals surface area contributed by atoms with E-state index >= 15 is 0 Å². The summed E-state index contributed by atoms with van der Waals surface area (Å²) in [7, 11) is 0. The molecule has 0 aliphatic heterocycles. The number of nitrogens with one attached hydrogen (secondary N) is 1. The van der Waals surface area contributed by atoms with Crippen LogP contribution in [0.4, 0.5) is 5.13 Å². The molecule has 2 rings (SSSR count). The third-order valence-electron chi connectivity index (χ3n) is 1.55. The van der Waals surface area contributed by atoms with E-state index in [0.29, 0.717) is 0 Å². The molecular weight excluding hydrogens is 186 g/mol. The lowest BCUT2D eigenvalue weighted by atomic mass is 10.3. The molecule has 0 radical (unpaired) electrons. The van der Waals surface area contributed by atoms with Crippen molar-refractivity contribution in [3.8, 4) is 0 Å². The Hall–Kier alpha value is -1.36. The first-order chi connectivity index (χ1) is 6.34. The van der Waals surface area contributed by atoms with E-state index in [1.807, 2.05) is 13.0 Å². The summed E-state index contributed by atoms with van der Waals surface area (Å²) in [6.45, 7) is 2.66. The molecule has 2 heterocycles. The quantitative estimate of drug-likeness (QED) is 0.814. The molecule has 5 heteroatoms. The molecule has 0 amide bonds. The van der Waals surface area contributed by atoms with Crippen LogP contribution in [-0.2, 0) is 6.54 Å². The molecular formula is C8H9N3OS. The molecule has 1 N–H and O–H groups in total. The van der Waals surface area contributed by atoms with E-state index in [1.165, 1.54) is 0 Å². The number of nitrogens with zero attached hydrogens (tertiary/aromatic N) is 2. The molecule has 0 aliphatic carbocycles. The Morgan fingerprint density at radius 2 is 2.46 bits per heavy atom. The third kappa shape index (κ3) is 2.06. The van der Waals surface area contributed by atoms with Crippen molar-refractivity contribution in [2.45, 2.75) is 13.5 Å². The first-order valence-corrected chi connectivity index (χ1v) is 4.71. The molecule has 0 unspecified atom stereocenters. The van der Waals surface area contributed by atoms with Crippen molar-refractivity contribution in [1.29, 1.82) is 0 Å². The highest BCUT2D eigenvalue weighted by Gasteiger charge is 1.99. The summed E-state index contributed by atoms with van der Waals surface area (Å²) in [5.41, 5.74) is 1.10. The van der Waals surface area contributed by atoms with Gasteiger partial charge in [-0.25, -0.2) is 0 Å². The van der Waals surface area contributed by atoms with Gasteiger partial charge in [0.2, 0.25) is 5.13 Å². The molecule has 68 valence electrons. The smallest absolute Gasteiger partial charge is 0.205 e. The molecule has 2 aromatic heterocycles. The van der Waals surface area contributed by atoms with Crippen molar-refractivity contribution in [2.75, 3.05) is 5.32 Å². The number of anilines is 1. The topological polar surface area (TPSA) is 51.0 Å². The van der Waals surface area contributed by atoms with Gasteiger partial charge in [-0.3, -0.25) is 0 Å². The van der Waals surface area contributed by atoms with Crippen LogP contribution in [0.25, 0.3) is 0 Å². The van der Waals surface area contributed by atoms with Crippen LogP contribution in [0.3, 0.4) is 0 Å². The van der Waals surface area contributed by atoms with E-state index in [1.54, 1.807) is 23.9 Å². The zero-order valence-electron chi connectivity index (χ0n) is 7.15. The average Bonchev–Trinajstić information content (AvgIpc) is 2.71. The van der Waals surface area contributed by atoms with Gasteiger partial charge in [0, 0.05) is 12.1 Å². The fourth-order valence-electron chi connectivity index (χ4n) is 0.939. The predicted octanol–water partition coefficient (Wildman–Crippen LogP) is 2.05. The standard InChI is InChI=1S/C8H9N3OS/c1-6-10-11-8(13-6)9-4-7-2-3-12-5-7/h2-3,5H,4H2,1H3,(H,9,11). The van der Waals surface area contributed by atoms with Crippen LogP contribution in [0.2, 0.25) is 0 Å². The van der Waals surface area contributed by atoms with Gasteiger partial charge in [0.15, 0.2) is 0 Å². The fraction of sp³-hybridized carbons (Fsp3) is 0.250. The Morgan fingerprint density at radius 3 is 3.08 bits per heavy atom. The van der Waals surface area contributed by atoms with Crippen molar-refractivity contribution in [2.24, 2.45) is 0 Å². The summed E-state index contributed by atoms with van der Waals surface area (Å²) in [5.74, 6) is 0. The predicted molar refractivity (Wildman–Crippen MR) is 50.7 cm³/mol. The van der Waals surface area contributed by atoms with Gasteiger partial charge < -0.3 is 9.73 Å². The highest BCUT2D eigenvalue weighted by molar-refractivity contribution is 7.15. The number of aryl methyl sites for hydroxylation is 1. The van der Waals surface area contributed by atoms with Crippen molar-refractivity contribution in [3.05, 3.63) is 29.2 Å². The highest BCUT2D eigenvalue weighted by Crippen LogP contribution is 2.14. The van der Waals surface area contributed by atoms with Crippen LogP contribution >= 0.6 is 11.3 Å². The monoisotopic (exact) mass is 195 g/mol. The first-order valence-electron chi connectivity index (χ1n) is 3.89. The van der Waals surface area contributed by atoms with Crippen molar-refractivity contribution >= 4 is 16.5 Å². The van der Waals surface area contributed by atoms with Crippen molar-refractivity contribution in [3.63, 3.8) is 0 Å². The number of hydrogen-bond acceptors (Lipinski definition) is 5. The summed E-state index contributed by atoms with van der Waals surface area (Å²) in [6.07, 6.45) is 3.36. The van der Waals surface area contributed by atoms with Gasteiger partial charge in [-0.1, -0.05) is 11.3 Å². The zero-order valence-corrected chi connectivity index (χ0v) is 7.97. The van der Waals surface area contributed by atoms with Gasteiger partial charge in [-0.2, -0.15) is 0 Å². The van der Waals surface area contributed by atoms with Crippen LogP contribution in [-0.4, -0.2) is 10.2 Å². The fourth-order valence-corrected chi connectivity index (χ4v) is 1.53. The lowest BCUT2D eigenvalue weighted by Crippen LogP contribution is -1.96. The summed E-state index contributed by atoms with van der Waals surface area (Å²) in [4.78, 5) is 0. The van der Waals surface area contributed by atoms with E-state index in [9.17, 15) is 0 Å². The summed E-state index contributed by atoms with van der Waals surface area (Å²) in [5, 5.41) is 12.8. The molecule has 0 aliphatic rings. The van der Waals surface area contributed by atoms with E-state index in [-0.39, 0.29) is 0 Å². The molecule has 0 fully saturated rings. The van der Waals surface area contributed by atoms with E-state index in [4.69, 9.17) is 4.42 Å². The molecule has 0 bridgehead atoms. The number of furan rings is 1. The molecule has 0 saturated heterocycles. The molecule has 0 aromatic carbocycles. The van der Waals surface area contributed by atoms with Gasteiger partial charge in [0.1, 0.15) is 5.01 Å². The minimum atomic E-state index is 0.727. The zero-order chi connectivity index (χ0) is 9.10. The molecule has 0 atom stereocenters. The van der Waals surface area contributed by atoms with Gasteiger partial charge in [-0.05, 0) is 13.0 Å². The highest BCUT2D eigenvalue weighted by atomic mass is 32.1. The summed E-state index contributed by atoms with van der Waals surface area (Å²) in [6, 6.07) is 1.92. The van der Waals surface area contributed by atoms with Crippen LogP contribution < -0.4 is 5.32 Å². The van der Waals surface area contributed by atoms with Gasteiger partial charge >= 0.3 is 0 Å². The Morgan fingerprint density at radius 1 is 1.54 bits per heavy atom. The minimum absolute atomic E-state index is 0.727. The lowest BCUT2D eigenvalue weighted by molar-refractivity contribution is 0.564. The lowest BCUT2D eigenvalue weighted by Gasteiger charge is -1.96.